The molecule has 2 aliphatic rings. The van der Waals surface area contributed by atoms with E-state index in [-0.39, 0.29) is 5.91 Å². The Labute approximate surface area is 153 Å². The first kappa shape index (κ1) is 16.9. The van der Waals surface area contributed by atoms with Gasteiger partial charge in [0.05, 0.1) is 12.2 Å². The second-order valence-corrected chi connectivity index (χ2v) is 8.51. The maximum absolute atomic E-state index is 12.0. The average Bonchev–Trinajstić information content (AvgIpc) is 3.03. The molecule has 3 heterocycles. The third kappa shape index (κ3) is 3.55. The second kappa shape index (κ2) is 7.00. The molecular weight excluding hydrogens is 332 g/mol. The van der Waals surface area contributed by atoms with Crippen molar-refractivity contribution in [1.29, 1.82) is 0 Å². The lowest BCUT2D eigenvalue weighted by Crippen LogP contribution is -2.48. The predicted octanol–water partition coefficient (Wildman–Crippen LogP) is 3.32. The Morgan fingerprint density at radius 1 is 1.20 bits per heavy atom. The third-order valence-corrected chi connectivity index (χ3v) is 6.71. The van der Waals surface area contributed by atoms with Gasteiger partial charge in [0.2, 0.25) is 5.91 Å². The Bertz CT molecular complexity index is 781. The number of fused-ring (bicyclic) bond motifs is 1. The van der Waals surface area contributed by atoms with Crippen LogP contribution in [0.4, 0.5) is 0 Å². The quantitative estimate of drug-likeness (QED) is 0.844. The maximum atomic E-state index is 12.0. The summed E-state index contributed by atoms with van der Waals surface area (Å²) < 4.78 is 0. The molecule has 5 nitrogen and oxygen atoms in total. The molecule has 0 unspecified atom stereocenters. The Morgan fingerprint density at radius 3 is 2.76 bits per heavy atom. The molecule has 1 saturated carbocycles. The fraction of sp³-hybridized carbons (Fsp3) is 0.632. The van der Waals surface area contributed by atoms with E-state index in [1.807, 2.05) is 30.2 Å². The van der Waals surface area contributed by atoms with E-state index in [9.17, 15) is 4.79 Å². The zero-order chi connectivity index (χ0) is 17.4. The lowest BCUT2D eigenvalue weighted by molar-refractivity contribution is -0.134. The van der Waals surface area contributed by atoms with Crippen LogP contribution < -0.4 is 0 Å². The van der Waals surface area contributed by atoms with Crippen molar-refractivity contribution in [2.75, 3.05) is 26.7 Å². The van der Waals surface area contributed by atoms with Crippen molar-refractivity contribution in [3.8, 4) is 0 Å². The van der Waals surface area contributed by atoms with Crippen LogP contribution in [0, 0.1) is 6.92 Å². The normalized spacial score (nSPS) is 20.6. The molecule has 134 valence electrons. The van der Waals surface area contributed by atoms with Gasteiger partial charge < -0.3 is 4.90 Å². The van der Waals surface area contributed by atoms with Crippen LogP contribution in [0.2, 0.25) is 0 Å². The van der Waals surface area contributed by atoms with E-state index >= 15 is 0 Å². The van der Waals surface area contributed by atoms with Gasteiger partial charge in [0, 0.05) is 36.9 Å². The minimum absolute atomic E-state index is 0.196. The summed E-state index contributed by atoms with van der Waals surface area (Å²) in [6, 6.07) is 2.34. The molecule has 1 saturated heterocycles. The average molecular weight is 359 g/mol. The highest BCUT2D eigenvalue weighted by Gasteiger charge is 2.24. The molecule has 0 aromatic carbocycles. The maximum Gasteiger partial charge on any atom is 0.236 e. The minimum Gasteiger partial charge on any atom is -0.343 e. The van der Waals surface area contributed by atoms with Gasteiger partial charge in [0.1, 0.15) is 10.7 Å². The van der Waals surface area contributed by atoms with E-state index in [1.165, 1.54) is 42.4 Å². The number of rotatable bonds is 3. The van der Waals surface area contributed by atoms with Gasteiger partial charge in [-0.25, -0.2) is 9.97 Å². The molecule has 25 heavy (non-hydrogen) atoms. The van der Waals surface area contributed by atoms with Crippen LogP contribution in [0.1, 0.15) is 54.4 Å². The molecule has 1 aliphatic heterocycles. The monoisotopic (exact) mass is 358 g/mol. The Morgan fingerprint density at radius 2 is 2.00 bits per heavy atom. The molecule has 2 fully saturated rings. The van der Waals surface area contributed by atoms with Crippen molar-refractivity contribution in [3.05, 3.63) is 22.5 Å². The van der Waals surface area contributed by atoms with Crippen molar-refractivity contribution in [2.45, 2.75) is 51.5 Å². The molecule has 6 heteroatoms. The van der Waals surface area contributed by atoms with E-state index in [0.717, 1.165) is 36.0 Å². The first-order chi connectivity index (χ1) is 12.1. The molecule has 0 spiro atoms. The van der Waals surface area contributed by atoms with Gasteiger partial charge in [-0.15, -0.1) is 11.3 Å². The Kier molecular flexibility index (Phi) is 4.73. The predicted molar refractivity (Wildman–Crippen MR) is 101 cm³/mol. The van der Waals surface area contributed by atoms with E-state index in [1.54, 1.807) is 0 Å². The summed E-state index contributed by atoms with van der Waals surface area (Å²) in [6.07, 6.45) is 6.69. The molecule has 4 rings (SSSR count). The first-order valence-corrected chi connectivity index (χ1v) is 10.1. The topological polar surface area (TPSA) is 49.3 Å². The number of nitrogens with zero attached hydrogens (tertiary/aromatic N) is 4. The fourth-order valence-electron chi connectivity index (χ4n) is 3.98. The summed E-state index contributed by atoms with van der Waals surface area (Å²) in [4.78, 5) is 28.0. The summed E-state index contributed by atoms with van der Waals surface area (Å²) in [6.45, 7) is 4.90. The zero-order valence-electron chi connectivity index (χ0n) is 15.1. The summed E-state index contributed by atoms with van der Waals surface area (Å²) in [7, 11) is 1.88. The summed E-state index contributed by atoms with van der Waals surface area (Å²) in [5.41, 5.74) is 1.08. The van der Waals surface area contributed by atoms with Crippen LogP contribution in [0.3, 0.4) is 0 Å². The molecule has 0 atom stereocenters. The largest absolute Gasteiger partial charge is 0.343 e. The zero-order valence-corrected chi connectivity index (χ0v) is 15.9. The number of carbonyl (C=O) groups excluding carboxylic acids is 1. The second-order valence-electron chi connectivity index (χ2n) is 7.45. The molecule has 0 radical (unpaired) electrons. The van der Waals surface area contributed by atoms with E-state index in [0.29, 0.717) is 12.5 Å². The minimum atomic E-state index is 0.196. The molecule has 1 aliphatic carbocycles. The van der Waals surface area contributed by atoms with Crippen LogP contribution in [0.25, 0.3) is 10.2 Å². The van der Waals surface area contributed by atoms with Crippen molar-refractivity contribution < 1.29 is 4.79 Å². The smallest absolute Gasteiger partial charge is 0.236 e. The number of piperazine rings is 1. The number of aryl methyl sites for hydroxylation is 1. The molecule has 0 N–H and O–H groups in total. The van der Waals surface area contributed by atoms with Gasteiger partial charge >= 0.3 is 0 Å². The van der Waals surface area contributed by atoms with E-state index in [2.05, 4.69) is 16.0 Å². The van der Waals surface area contributed by atoms with Crippen molar-refractivity contribution in [2.24, 2.45) is 0 Å². The first-order valence-electron chi connectivity index (χ1n) is 9.33. The highest BCUT2D eigenvalue weighted by Crippen LogP contribution is 2.39. The number of hydrogen-bond acceptors (Lipinski definition) is 5. The van der Waals surface area contributed by atoms with Gasteiger partial charge in [-0.3, -0.25) is 9.69 Å². The Balaban J connectivity index is 1.61. The summed E-state index contributed by atoms with van der Waals surface area (Å²) in [5.74, 6) is 1.73. The lowest BCUT2D eigenvalue weighted by Gasteiger charge is -2.31. The number of hydrogen-bond donors (Lipinski definition) is 0. The Hall–Kier alpha value is -1.53. The molecular formula is C19H26N4OS. The van der Waals surface area contributed by atoms with Crippen LogP contribution in [0.5, 0.6) is 0 Å². The van der Waals surface area contributed by atoms with Gasteiger partial charge in [0.25, 0.3) is 0 Å². The van der Waals surface area contributed by atoms with Gasteiger partial charge in [0.15, 0.2) is 0 Å². The number of thiophene rings is 1. The van der Waals surface area contributed by atoms with Crippen LogP contribution >= 0.6 is 11.3 Å². The number of likely N-dealkylation sites (N-methyl/N-ethyl adjacent to an activating group) is 1. The van der Waals surface area contributed by atoms with Crippen molar-refractivity contribution in [3.63, 3.8) is 0 Å². The van der Waals surface area contributed by atoms with Crippen LogP contribution in [-0.2, 0) is 11.3 Å². The summed E-state index contributed by atoms with van der Waals surface area (Å²) >= 11 is 1.85. The van der Waals surface area contributed by atoms with Crippen LogP contribution in [-0.4, -0.2) is 52.4 Å². The fourth-order valence-corrected chi connectivity index (χ4v) is 5.25. The van der Waals surface area contributed by atoms with Gasteiger partial charge in [-0.2, -0.15) is 0 Å². The molecule has 0 bridgehead atoms. The van der Waals surface area contributed by atoms with Crippen molar-refractivity contribution >= 4 is 27.5 Å². The summed E-state index contributed by atoms with van der Waals surface area (Å²) in [5, 5.41) is 1.20. The van der Waals surface area contributed by atoms with E-state index < -0.39 is 0 Å². The SMILES string of the molecule is Cc1nc(CN2CCN(C)C(=O)C2)c2cc(C3CCCCC3)sc2n1. The van der Waals surface area contributed by atoms with Gasteiger partial charge in [-0.1, -0.05) is 19.3 Å². The highest BCUT2D eigenvalue weighted by molar-refractivity contribution is 7.18. The number of aromatic nitrogens is 2. The lowest BCUT2D eigenvalue weighted by atomic mass is 9.88. The third-order valence-electron chi connectivity index (χ3n) is 5.52. The molecule has 1 amide bonds. The highest BCUT2D eigenvalue weighted by atomic mass is 32.1. The van der Waals surface area contributed by atoms with E-state index in [4.69, 9.17) is 4.98 Å². The van der Waals surface area contributed by atoms with Crippen molar-refractivity contribution in [1.82, 2.24) is 19.8 Å². The standard InChI is InChI=1S/C19H26N4OS/c1-13-20-16(11-23-9-8-22(2)18(24)12-23)15-10-17(25-19(15)21-13)14-6-4-3-5-7-14/h10,14H,3-9,11-12H2,1-2H3. The number of amides is 1. The molecule has 2 aromatic rings. The van der Waals surface area contributed by atoms with Gasteiger partial charge in [-0.05, 0) is 31.7 Å². The van der Waals surface area contributed by atoms with Crippen LogP contribution in [0.15, 0.2) is 6.07 Å². The number of carbonyl (C=O) groups is 1. The molecule has 2 aromatic heterocycles.